The van der Waals surface area contributed by atoms with Gasteiger partial charge in [0, 0.05) is 30.1 Å². The SMILES string of the molecule is O=C(NCCCc1ccccc1)[C@H]1C[C@@]23C=C[C@@]1(O)[C@@H]1Oc4c(O)ccc5c4[C@@]12CCN(CC1CC1)[C@@H]3C5. The summed E-state index contributed by atoms with van der Waals surface area (Å²) in [6.07, 6.45) is 10.4. The number of likely N-dealkylation sites (tertiary alicyclic amines) is 1. The van der Waals surface area contributed by atoms with Gasteiger partial charge in [-0.25, -0.2) is 0 Å². The molecule has 7 aliphatic rings. The zero-order valence-electron chi connectivity index (χ0n) is 21.7. The summed E-state index contributed by atoms with van der Waals surface area (Å²) in [7, 11) is 0. The van der Waals surface area contributed by atoms with E-state index in [0.717, 1.165) is 50.3 Å². The number of phenolic OH excluding ortho intramolecular Hbond substituents is 1. The average molecular weight is 513 g/mol. The normalized spacial score (nSPS) is 37.6. The Balaban J connectivity index is 1.14. The van der Waals surface area contributed by atoms with E-state index in [1.165, 1.54) is 24.0 Å². The van der Waals surface area contributed by atoms with E-state index in [1.54, 1.807) is 6.07 Å². The van der Waals surface area contributed by atoms with Gasteiger partial charge in [-0.1, -0.05) is 48.6 Å². The number of aromatic hydroxyl groups is 1. The monoisotopic (exact) mass is 512 g/mol. The van der Waals surface area contributed by atoms with Crippen LogP contribution in [0.15, 0.2) is 54.6 Å². The van der Waals surface area contributed by atoms with Crippen molar-refractivity contribution in [3.8, 4) is 11.5 Å². The van der Waals surface area contributed by atoms with Crippen LogP contribution < -0.4 is 10.1 Å². The highest BCUT2D eigenvalue weighted by Gasteiger charge is 2.79. The largest absolute Gasteiger partial charge is 0.504 e. The number of phenols is 1. The van der Waals surface area contributed by atoms with Crippen LogP contribution in [0.3, 0.4) is 0 Å². The van der Waals surface area contributed by atoms with E-state index in [1.807, 2.05) is 24.3 Å². The van der Waals surface area contributed by atoms with Crippen molar-refractivity contribution in [1.29, 1.82) is 0 Å². The second-order valence-electron chi connectivity index (χ2n) is 12.7. The first kappa shape index (κ1) is 23.1. The van der Waals surface area contributed by atoms with Crippen LogP contribution in [0, 0.1) is 17.3 Å². The summed E-state index contributed by atoms with van der Waals surface area (Å²) in [5.74, 6) is 0.803. The van der Waals surface area contributed by atoms with Crippen LogP contribution in [0.2, 0.25) is 0 Å². The standard InChI is InChI=1S/C32H36N2O4/c35-24-11-10-22-17-25-30-12-13-32(37,23(18-30)28(36)33-15-4-7-20-5-2-1-3-6-20)29-31(30,26(22)27(24)38-29)14-16-34(25)19-21-8-9-21/h1-3,5-6,10-13,21,23,25,29,35,37H,4,7-9,14-19H2,(H,33,36)/t23-,25-,29-,30-,31+,32+/m1/s1. The number of rotatable bonds is 7. The highest BCUT2D eigenvalue weighted by molar-refractivity contribution is 5.82. The molecule has 6 nitrogen and oxygen atoms in total. The molecular formula is C32H36N2O4. The minimum atomic E-state index is -1.41. The average Bonchev–Trinajstić information content (AvgIpc) is 3.67. The number of amides is 1. The van der Waals surface area contributed by atoms with Crippen molar-refractivity contribution in [2.24, 2.45) is 17.3 Å². The second-order valence-corrected chi connectivity index (χ2v) is 12.7. The van der Waals surface area contributed by atoms with Crippen LogP contribution in [0.4, 0.5) is 0 Å². The highest BCUT2D eigenvalue weighted by Crippen LogP contribution is 2.74. The Morgan fingerprint density at radius 3 is 2.79 bits per heavy atom. The Morgan fingerprint density at radius 2 is 1.97 bits per heavy atom. The molecule has 2 aromatic rings. The van der Waals surface area contributed by atoms with Crippen molar-refractivity contribution in [1.82, 2.24) is 10.2 Å². The maximum Gasteiger partial charge on any atom is 0.226 e. The molecule has 2 saturated carbocycles. The van der Waals surface area contributed by atoms with E-state index in [-0.39, 0.29) is 23.1 Å². The first-order chi connectivity index (χ1) is 18.5. The predicted molar refractivity (Wildman–Crippen MR) is 143 cm³/mol. The Labute approximate surface area is 223 Å². The number of piperidine rings is 1. The van der Waals surface area contributed by atoms with Crippen LogP contribution in [0.25, 0.3) is 0 Å². The molecule has 4 bridgehead atoms. The molecule has 6 atom stereocenters. The number of ether oxygens (including phenoxy) is 1. The van der Waals surface area contributed by atoms with E-state index < -0.39 is 23.0 Å². The Morgan fingerprint density at radius 1 is 1.13 bits per heavy atom. The summed E-state index contributed by atoms with van der Waals surface area (Å²) >= 11 is 0. The molecule has 2 spiro atoms. The Hall–Kier alpha value is -2.83. The third-order valence-corrected chi connectivity index (χ3v) is 10.9. The van der Waals surface area contributed by atoms with Crippen molar-refractivity contribution in [3.05, 3.63) is 71.3 Å². The quantitative estimate of drug-likeness (QED) is 0.391. The number of nitrogens with one attached hydrogen (secondary N) is 1. The number of aryl methyl sites for hydroxylation is 1. The molecule has 0 unspecified atom stereocenters. The maximum atomic E-state index is 13.8. The molecule has 2 heterocycles. The number of fused-ring (bicyclic) bond motifs is 1. The minimum absolute atomic E-state index is 0.0828. The molecule has 0 radical (unpaired) electrons. The fourth-order valence-corrected chi connectivity index (χ4v) is 9.05. The molecular weight excluding hydrogens is 476 g/mol. The summed E-state index contributed by atoms with van der Waals surface area (Å²) in [4.78, 5) is 16.5. The maximum absolute atomic E-state index is 13.8. The van der Waals surface area contributed by atoms with Gasteiger partial charge in [0.1, 0.15) is 11.7 Å². The summed E-state index contributed by atoms with van der Waals surface area (Å²) < 4.78 is 6.58. The topological polar surface area (TPSA) is 82.0 Å². The lowest BCUT2D eigenvalue weighted by atomic mass is 9.37. The van der Waals surface area contributed by atoms with Gasteiger partial charge in [-0.05, 0) is 74.6 Å². The van der Waals surface area contributed by atoms with Crippen LogP contribution >= 0.6 is 0 Å². The molecule has 3 N–H and O–H groups in total. The predicted octanol–water partition coefficient (Wildman–Crippen LogP) is 3.49. The number of nitrogens with zero attached hydrogens (tertiary/aromatic N) is 1. The van der Waals surface area contributed by atoms with Gasteiger partial charge < -0.3 is 20.3 Å². The van der Waals surface area contributed by atoms with E-state index in [9.17, 15) is 15.0 Å². The molecule has 6 heteroatoms. The zero-order valence-corrected chi connectivity index (χ0v) is 21.7. The van der Waals surface area contributed by atoms with Gasteiger partial charge in [0.2, 0.25) is 5.91 Å². The van der Waals surface area contributed by atoms with Gasteiger partial charge in [0.05, 0.1) is 11.3 Å². The first-order valence-corrected chi connectivity index (χ1v) is 14.5. The van der Waals surface area contributed by atoms with Gasteiger partial charge in [0.25, 0.3) is 0 Å². The molecule has 1 amide bonds. The third kappa shape index (κ3) is 2.88. The minimum Gasteiger partial charge on any atom is -0.504 e. The van der Waals surface area contributed by atoms with Gasteiger partial charge in [-0.2, -0.15) is 0 Å². The van der Waals surface area contributed by atoms with E-state index in [0.29, 0.717) is 18.7 Å². The van der Waals surface area contributed by atoms with Gasteiger partial charge in [0.15, 0.2) is 11.5 Å². The van der Waals surface area contributed by atoms with E-state index in [2.05, 4.69) is 34.5 Å². The smallest absolute Gasteiger partial charge is 0.226 e. The molecule has 2 aromatic carbocycles. The lowest BCUT2D eigenvalue weighted by molar-refractivity contribution is -0.206. The second kappa shape index (κ2) is 7.86. The fourth-order valence-electron chi connectivity index (χ4n) is 9.05. The van der Waals surface area contributed by atoms with Gasteiger partial charge >= 0.3 is 0 Å². The van der Waals surface area contributed by atoms with E-state index in [4.69, 9.17) is 4.74 Å². The molecule has 198 valence electrons. The lowest BCUT2D eigenvalue weighted by Crippen LogP contribution is -2.80. The number of hydrogen-bond donors (Lipinski definition) is 3. The van der Waals surface area contributed by atoms with Gasteiger partial charge in [-0.15, -0.1) is 0 Å². The molecule has 9 rings (SSSR count). The lowest BCUT2D eigenvalue weighted by Gasteiger charge is -2.70. The summed E-state index contributed by atoms with van der Waals surface area (Å²) in [6.45, 7) is 2.66. The van der Waals surface area contributed by atoms with Crippen LogP contribution in [0.5, 0.6) is 11.5 Å². The summed E-state index contributed by atoms with van der Waals surface area (Å²) in [5.41, 5.74) is 1.49. The number of carbonyl (C=O) groups excluding carboxylic acids is 1. The van der Waals surface area contributed by atoms with Crippen molar-refractivity contribution in [2.75, 3.05) is 19.6 Å². The molecule has 0 aromatic heterocycles. The molecule has 38 heavy (non-hydrogen) atoms. The molecule has 5 aliphatic carbocycles. The van der Waals surface area contributed by atoms with Crippen LogP contribution in [0.1, 0.15) is 48.8 Å². The van der Waals surface area contributed by atoms with Crippen molar-refractivity contribution in [3.63, 3.8) is 0 Å². The Bertz CT molecular complexity index is 1340. The third-order valence-electron chi connectivity index (χ3n) is 10.9. The zero-order chi connectivity index (χ0) is 25.7. The van der Waals surface area contributed by atoms with Crippen molar-refractivity contribution in [2.45, 2.75) is 68.1 Å². The Kier molecular flexibility index (Phi) is 4.77. The summed E-state index contributed by atoms with van der Waals surface area (Å²) in [6, 6.07) is 14.4. The first-order valence-electron chi connectivity index (χ1n) is 14.5. The fraction of sp³-hybridized carbons (Fsp3) is 0.531. The van der Waals surface area contributed by atoms with Crippen LogP contribution in [-0.2, 0) is 23.1 Å². The number of carbonyl (C=O) groups is 1. The van der Waals surface area contributed by atoms with Crippen molar-refractivity contribution < 1.29 is 19.7 Å². The van der Waals surface area contributed by atoms with Crippen molar-refractivity contribution >= 4 is 5.91 Å². The molecule has 2 aliphatic heterocycles. The van der Waals surface area contributed by atoms with Gasteiger partial charge in [-0.3, -0.25) is 9.69 Å². The highest BCUT2D eigenvalue weighted by atomic mass is 16.5. The molecule has 3 fully saturated rings. The molecule has 1 saturated heterocycles. The van der Waals surface area contributed by atoms with Crippen LogP contribution in [-0.4, -0.2) is 58.4 Å². The number of hydrogen-bond acceptors (Lipinski definition) is 5. The summed E-state index contributed by atoms with van der Waals surface area (Å²) in [5, 5.41) is 26.3. The van der Waals surface area contributed by atoms with E-state index >= 15 is 0 Å². The number of benzene rings is 2. The number of aliphatic hydroxyl groups is 1.